The van der Waals surface area contributed by atoms with E-state index in [4.69, 9.17) is 0 Å². The van der Waals surface area contributed by atoms with Crippen LogP contribution in [0.25, 0.3) is 10.6 Å². The smallest absolute Gasteiger partial charge is 0.127 e. The first-order valence-corrected chi connectivity index (χ1v) is 5.53. The fourth-order valence-corrected chi connectivity index (χ4v) is 2.37. The van der Waals surface area contributed by atoms with Crippen LogP contribution in [0.3, 0.4) is 0 Å². The molecule has 4 heteroatoms. The highest BCUT2D eigenvalue weighted by molar-refractivity contribution is 7.13. The van der Waals surface area contributed by atoms with Crippen LogP contribution in [0.4, 0.5) is 0 Å². The van der Waals surface area contributed by atoms with E-state index in [0.717, 1.165) is 28.4 Å². The lowest BCUT2D eigenvalue weighted by molar-refractivity contribution is 0.756. The van der Waals surface area contributed by atoms with Gasteiger partial charge < -0.3 is 0 Å². The maximum atomic E-state index is 4.54. The largest absolute Gasteiger partial charge is 0.275 e. The zero-order chi connectivity index (χ0) is 10.1. The summed E-state index contributed by atoms with van der Waals surface area (Å²) in [4.78, 5) is 4.54. The minimum atomic E-state index is 0.996. The summed E-state index contributed by atoms with van der Waals surface area (Å²) in [7, 11) is 1.94. The third-order valence-corrected chi connectivity index (χ3v) is 3.08. The molecule has 2 heterocycles. The van der Waals surface area contributed by atoms with E-state index < -0.39 is 0 Å². The van der Waals surface area contributed by atoms with Gasteiger partial charge in [0.05, 0.1) is 17.0 Å². The summed E-state index contributed by atoms with van der Waals surface area (Å²) in [5, 5.41) is 7.50. The number of hydrogen-bond acceptors (Lipinski definition) is 3. The summed E-state index contributed by atoms with van der Waals surface area (Å²) < 4.78 is 1.83. The van der Waals surface area contributed by atoms with Gasteiger partial charge in [-0.2, -0.15) is 5.10 Å². The van der Waals surface area contributed by atoms with E-state index in [1.807, 2.05) is 24.9 Å². The molecule has 0 saturated heterocycles. The summed E-state index contributed by atoms with van der Waals surface area (Å²) in [6.45, 7) is 4.14. The average molecular weight is 207 g/mol. The first-order valence-electron chi connectivity index (χ1n) is 4.65. The molecule has 0 saturated carbocycles. The molecule has 0 N–H and O–H groups in total. The molecule has 0 fully saturated rings. The van der Waals surface area contributed by atoms with Crippen molar-refractivity contribution in [2.75, 3.05) is 0 Å². The highest BCUT2D eigenvalue weighted by atomic mass is 32.1. The Labute approximate surface area is 87.4 Å². The van der Waals surface area contributed by atoms with Gasteiger partial charge in [0.1, 0.15) is 5.01 Å². The van der Waals surface area contributed by atoms with E-state index in [0.29, 0.717) is 0 Å². The lowest BCUT2D eigenvalue weighted by Crippen LogP contribution is -1.86. The van der Waals surface area contributed by atoms with E-state index in [2.05, 4.69) is 22.4 Å². The zero-order valence-electron chi connectivity index (χ0n) is 8.61. The molecule has 0 amide bonds. The van der Waals surface area contributed by atoms with Gasteiger partial charge in [0.15, 0.2) is 0 Å². The van der Waals surface area contributed by atoms with Gasteiger partial charge in [-0.15, -0.1) is 11.3 Å². The minimum Gasteiger partial charge on any atom is -0.275 e. The van der Waals surface area contributed by atoms with Gasteiger partial charge in [0.2, 0.25) is 0 Å². The summed E-state index contributed by atoms with van der Waals surface area (Å²) >= 11 is 1.69. The molecule has 0 bridgehead atoms. The molecular formula is C10H13N3S. The van der Waals surface area contributed by atoms with Crippen LogP contribution in [0.15, 0.2) is 11.6 Å². The Kier molecular flexibility index (Phi) is 2.37. The fraction of sp³-hybridized carbons (Fsp3) is 0.400. The monoisotopic (exact) mass is 207 g/mol. The lowest BCUT2D eigenvalue weighted by Gasteiger charge is -1.90. The Hall–Kier alpha value is -1.16. The maximum Gasteiger partial charge on any atom is 0.127 e. The van der Waals surface area contributed by atoms with Crippen molar-refractivity contribution in [1.82, 2.24) is 14.8 Å². The number of aryl methyl sites for hydroxylation is 3. The molecule has 0 radical (unpaired) electrons. The Balaban J connectivity index is 2.43. The van der Waals surface area contributed by atoms with E-state index in [1.54, 1.807) is 11.3 Å². The molecule has 0 aliphatic rings. The van der Waals surface area contributed by atoms with Crippen molar-refractivity contribution in [2.45, 2.75) is 20.3 Å². The molecule has 74 valence electrons. The van der Waals surface area contributed by atoms with Gasteiger partial charge in [0, 0.05) is 18.6 Å². The molecule has 2 aromatic heterocycles. The quantitative estimate of drug-likeness (QED) is 0.757. The molecule has 0 aromatic carbocycles. The van der Waals surface area contributed by atoms with Crippen molar-refractivity contribution >= 4 is 11.3 Å². The summed E-state index contributed by atoms with van der Waals surface area (Å²) in [5.74, 6) is 0. The Bertz CT molecular complexity index is 442. The molecule has 0 unspecified atom stereocenters. The van der Waals surface area contributed by atoms with Crippen LogP contribution in [0.5, 0.6) is 0 Å². The van der Waals surface area contributed by atoms with E-state index in [-0.39, 0.29) is 0 Å². The summed E-state index contributed by atoms with van der Waals surface area (Å²) in [6, 6.07) is 0. The summed E-state index contributed by atoms with van der Waals surface area (Å²) in [6.07, 6.45) is 3.02. The number of aromatic nitrogens is 3. The number of nitrogens with zero attached hydrogens (tertiary/aromatic N) is 3. The van der Waals surface area contributed by atoms with Gasteiger partial charge >= 0.3 is 0 Å². The molecule has 0 aliphatic heterocycles. The Morgan fingerprint density at radius 3 is 2.79 bits per heavy atom. The van der Waals surface area contributed by atoms with Crippen LogP contribution in [-0.2, 0) is 13.5 Å². The second-order valence-corrected chi connectivity index (χ2v) is 4.16. The lowest BCUT2D eigenvalue weighted by atomic mass is 10.3. The molecule has 14 heavy (non-hydrogen) atoms. The van der Waals surface area contributed by atoms with Crippen molar-refractivity contribution < 1.29 is 0 Å². The van der Waals surface area contributed by atoms with E-state index in [1.165, 1.54) is 0 Å². The van der Waals surface area contributed by atoms with Crippen LogP contribution < -0.4 is 0 Å². The van der Waals surface area contributed by atoms with Crippen LogP contribution >= 0.6 is 11.3 Å². The number of rotatable bonds is 2. The van der Waals surface area contributed by atoms with Crippen LogP contribution in [0.2, 0.25) is 0 Å². The van der Waals surface area contributed by atoms with Crippen molar-refractivity contribution in [1.29, 1.82) is 0 Å². The predicted molar refractivity (Wildman–Crippen MR) is 58.4 cm³/mol. The van der Waals surface area contributed by atoms with Crippen molar-refractivity contribution in [3.05, 3.63) is 23.0 Å². The van der Waals surface area contributed by atoms with E-state index in [9.17, 15) is 0 Å². The highest BCUT2D eigenvalue weighted by Crippen LogP contribution is 2.25. The van der Waals surface area contributed by atoms with Gasteiger partial charge in [-0.1, -0.05) is 6.92 Å². The molecular weight excluding hydrogens is 194 g/mol. The maximum absolute atomic E-state index is 4.54. The van der Waals surface area contributed by atoms with Crippen LogP contribution in [0, 0.1) is 6.92 Å². The fourth-order valence-electron chi connectivity index (χ4n) is 1.40. The first-order chi connectivity index (χ1) is 6.70. The number of hydrogen-bond donors (Lipinski definition) is 0. The van der Waals surface area contributed by atoms with E-state index >= 15 is 0 Å². The predicted octanol–water partition coefficient (Wildman–Crippen LogP) is 2.41. The molecule has 0 spiro atoms. The standard InChI is InChI=1S/C10H13N3S/c1-4-8-6-14-10(11-8)9-5-13(3)12-7(9)2/h5-6H,4H2,1-3H3. The summed E-state index contributed by atoms with van der Waals surface area (Å²) in [5.41, 5.74) is 3.36. The van der Waals surface area contributed by atoms with Gasteiger partial charge in [-0.3, -0.25) is 4.68 Å². The van der Waals surface area contributed by atoms with Crippen molar-refractivity contribution in [3.63, 3.8) is 0 Å². The average Bonchev–Trinajstić information content (AvgIpc) is 2.71. The normalized spacial score (nSPS) is 10.8. The number of thiazole rings is 1. The van der Waals surface area contributed by atoms with Crippen molar-refractivity contribution in [3.8, 4) is 10.6 Å². The molecule has 0 aliphatic carbocycles. The first kappa shape index (κ1) is 9.40. The third-order valence-electron chi connectivity index (χ3n) is 2.16. The minimum absolute atomic E-state index is 0.996. The molecule has 0 atom stereocenters. The Morgan fingerprint density at radius 2 is 2.29 bits per heavy atom. The van der Waals surface area contributed by atoms with Gasteiger partial charge in [-0.05, 0) is 13.3 Å². The highest BCUT2D eigenvalue weighted by Gasteiger charge is 2.09. The molecule has 3 nitrogen and oxygen atoms in total. The van der Waals surface area contributed by atoms with Gasteiger partial charge in [0.25, 0.3) is 0 Å². The molecule has 2 aromatic rings. The third kappa shape index (κ3) is 1.57. The molecule has 2 rings (SSSR count). The van der Waals surface area contributed by atoms with Crippen LogP contribution in [0.1, 0.15) is 18.3 Å². The van der Waals surface area contributed by atoms with Gasteiger partial charge in [-0.25, -0.2) is 4.98 Å². The second-order valence-electron chi connectivity index (χ2n) is 3.30. The van der Waals surface area contributed by atoms with Crippen molar-refractivity contribution in [2.24, 2.45) is 7.05 Å². The zero-order valence-corrected chi connectivity index (χ0v) is 9.43. The van der Waals surface area contributed by atoms with Crippen LogP contribution in [-0.4, -0.2) is 14.8 Å². The Morgan fingerprint density at radius 1 is 1.50 bits per heavy atom. The SMILES string of the molecule is CCc1csc(-c2cn(C)nc2C)n1. The second kappa shape index (κ2) is 3.53. The topological polar surface area (TPSA) is 30.7 Å².